The van der Waals surface area contributed by atoms with Gasteiger partial charge < -0.3 is 24.1 Å². The normalized spacial score (nSPS) is 41.3. The summed E-state index contributed by atoms with van der Waals surface area (Å²) in [4.78, 5) is 35.8. The van der Waals surface area contributed by atoms with Crippen molar-refractivity contribution < 1.29 is 38.4 Å². The molecule has 42 heavy (non-hydrogen) atoms. The number of carbonyl (C=O) groups excluding carboxylic acids is 3. The standard InChI is InChI=1S/C34H48O8/c1-4-31(35)39-14-19-5-25-21-9-23(27(11-21)29(25)7-19)16-41-33(37)13-32(36)40-15-20-6-26-22-10-24(17-42-34(38)18(2)3)28(12-22)30(26)8-20/h4,19-30,32,36H,1-2,5-17H2,3H3/t19?,20?,21?,22?,23?,24?,25?,26?,27?,28?,29-,30?,32?/m1/s1. The minimum atomic E-state index is -1.14. The third-order valence-corrected chi connectivity index (χ3v) is 12.1. The fourth-order valence-electron chi connectivity index (χ4n) is 10.6. The molecule has 232 valence electrons. The van der Waals surface area contributed by atoms with Gasteiger partial charge in [-0.25, -0.2) is 9.59 Å². The van der Waals surface area contributed by atoms with E-state index in [1.807, 2.05) is 0 Å². The summed E-state index contributed by atoms with van der Waals surface area (Å²) in [5.74, 6) is 5.86. The van der Waals surface area contributed by atoms with Crippen LogP contribution in [0, 0.1) is 71.0 Å². The lowest BCUT2D eigenvalue weighted by molar-refractivity contribution is -0.162. The molecule has 0 aliphatic heterocycles. The molecular weight excluding hydrogens is 536 g/mol. The Balaban J connectivity index is 0.875. The zero-order valence-corrected chi connectivity index (χ0v) is 25.0. The lowest BCUT2D eigenvalue weighted by Crippen LogP contribution is -2.29. The average molecular weight is 585 g/mol. The number of hydrogen-bond acceptors (Lipinski definition) is 8. The van der Waals surface area contributed by atoms with Gasteiger partial charge in [-0.15, -0.1) is 0 Å². The third kappa shape index (κ3) is 6.08. The molecule has 0 aromatic rings. The monoisotopic (exact) mass is 584 g/mol. The van der Waals surface area contributed by atoms with Gasteiger partial charge in [0.05, 0.1) is 32.8 Å². The van der Waals surface area contributed by atoms with Crippen molar-refractivity contribution in [3.63, 3.8) is 0 Å². The Kier molecular flexibility index (Phi) is 8.84. The second-order valence-electron chi connectivity index (χ2n) is 14.5. The molecule has 4 bridgehead atoms. The molecule has 0 aromatic carbocycles. The van der Waals surface area contributed by atoms with Crippen molar-refractivity contribution in [1.82, 2.24) is 0 Å². The molecule has 1 N–H and O–H groups in total. The van der Waals surface area contributed by atoms with Gasteiger partial charge >= 0.3 is 17.9 Å². The smallest absolute Gasteiger partial charge is 0.333 e. The van der Waals surface area contributed by atoms with E-state index in [1.165, 1.54) is 18.9 Å². The molecule has 8 nitrogen and oxygen atoms in total. The van der Waals surface area contributed by atoms with E-state index in [0.717, 1.165) is 38.5 Å². The topological polar surface area (TPSA) is 108 Å². The summed E-state index contributed by atoms with van der Waals surface area (Å²) in [6.07, 6.45) is 9.04. The Labute approximate surface area is 249 Å². The fraction of sp³-hybridized carbons (Fsp3) is 0.794. The van der Waals surface area contributed by atoms with Crippen molar-refractivity contribution in [3.05, 3.63) is 24.8 Å². The van der Waals surface area contributed by atoms with E-state index in [1.54, 1.807) is 6.92 Å². The average Bonchev–Trinajstić information content (AvgIpc) is 3.79. The van der Waals surface area contributed by atoms with E-state index < -0.39 is 12.3 Å². The summed E-state index contributed by atoms with van der Waals surface area (Å²) in [6, 6.07) is 0. The highest BCUT2D eigenvalue weighted by atomic mass is 16.6. The predicted molar refractivity (Wildman–Crippen MR) is 153 cm³/mol. The van der Waals surface area contributed by atoms with E-state index in [-0.39, 0.29) is 18.4 Å². The maximum absolute atomic E-state index is 12.6. The first-order valence-corrected chi connectivity index (χ1v) is 16.3. The van der Waals surface area contributed by atoms with Crippen LogP contribution in [-0.4, -0.2) is 55.7 Å². The van der Waals surface area contributed by atoms with Gasteiger partial charge in [-0.1, -0.05) is 13.2 Å². The van der Waals surface area contributed by atoms with E-state index in [2.05, 4.69) is 13.2 Å². The van der Waals surface area contributed by atoms with Crippen LogP contribution in [0.15, 0.2) is 24.8 Å². The second-order valence-corrected chi connectivity index (χ2v) is 14.5. The summed E-state index contributed by atoms with van der Waals surface area (Å²) in [7, 11) is 0. The summed E-state index contributed by atoms with van der Waals surface area (Å²) in [5, 5.41) is 10.4. The van der Waals surface area contributed by atoms with E-state index in [9.17, 15) is 19.5 Å². The van der Waals surface area contributed by atoms with Crippen molar-refractivity contribution in [2.75, 3.05) is 26.4 Å². The SMILES string of the molecule is C=CC(=O)OCC1CC2C3CC(COC(=O)CC(O)OCC4CC5C6CC(COC(=O)C(=C)C)C(C6)C5C4)C(C3)[C@@H]2C1. The van der Waals surface area contributed by atoms with Gasteiger partial charge in [0.1, 0.15) is 0 Å². The number of fused-ring (bicyclic) bond motifs is 10. The summed E-state index contributed by atoms with van der Waals surface area (Å²) in [6.45, 7) is 10.7. The van der Waals surface area contributed by atoms with Crippen LogP contribution in [0.25, 0.3) is 0 Å². The summed E-state index contributed by atoms with van der Waals surface area (Å²) >= 11 is 0. The van der Waals surface area contributed by atoms with Gasteiger partial charge in [0.2, 0.25) is 0 Å². The van der Waals surface area contributed by atoms with Crippen LogP contribution in [0.4, 0.5) is 0 Å². The van der Waals surface area contributed by atoms with Gasteiger partial charge in [-0.3, -0.25) is 4.79 Å². The number of carbonyl (C=O) groups is 3. The van der Waals surface area contributed by atoms with Crippen molar-refractivity contribution in [3.8, 4) is 0 Å². The molecule has 0 saturated heterocycles. The number of aliphatic hydroxyl groups excluding tert-OH is 1. The second kappa shape index (κ2) is 12.4. The first-order chi connectivity index (χ1) is 20.2. The molecule has 6 fully saturated rings. The Morgan fingerprint density at radius 1 is 0.738 bits per heavy atom. The molecule has 12 unspecified atom stereocenters. The highest BCUT2D eigenvalue weighted by molar-refractivity contribution is 5.86. The Bertz CT molecular complexity index is 1070. The number of aliphatic hydroxyl groups is 1. The van der Waals surface area contributed by atoms with Crippen LogP contribution in [0.1, 0.15) is 64.7 Å². The maximum atomic E-state index is 12.6. The highest BCUT2D eigenvalue weighted by Gasteiger charge is 2.57. The molecular formula is C34H48O8. The van der Waals surface area contributed by atoms with Crippen LogP contribution < -0.4 is 0 Å². The molecule has 0 aromatic heterocycles. The van der Waals surface area contributed by atoms with Crippen molar-refractivity contribution in [2.45, 2.75) is 71.0 Å². The number of hydrogen-bond donors (Lipinski definition) is 1. The molecule has 13 atom stereocenters. The lowest BCUT2D eigenvalue weighted by atomic mass is 9.76. The van der Waals surface area contributed by atoms with E-state index in [4.69, 9.17) is 18.9 Å². The van der Waals surface area contributed by atoms with Crippen LogP contribution in [0.3, 0.4) is 0 Å². The molecule has 0 radical (unpaired) electrons. The van der Waals surface area contributed by atoms with Crippen LogP contribution in [-0.2, 0) is 33.3 Å². The molecule has 0 heterocycles. The predicted octanol–water partition coefficient (Wildman–Crippen LogP) is 4.70. The van der Waals surface area contributed by atoms with Gasteiger partial charge in [-0.2, -0.15) is 0 Å². The molecule has 0 spiro atoms. The first-order valence-electron chi connectivity index (χ1n) is 16.3. The largest absolute Gasteiger partial charge is 0.465 e. The summed E-state index contributed by atoms with van der Waals surface area (Å²) < 4.78 is 22.2. The first kappa shape index (κ1) is 29.9. The molecule has 8 heteroatoms. The van der Waals surface area contributed by atoms with E-state index >= 15 is 0 Å². The quantitative estimate of drug-likeness (QED) is 0.144. The lowest BCUT2D eigenvalue weighted by Gasteiger charge is -2.31. The number of rotatable bonds is 13. The van der Waals surface area contributed by atoms with Gasteiger partial charge in [0.25, 0.3) is 0 Å². The fourth-order valence-corrected chi connectivity index (χ4v) is 10.6. The van der Waals surface area contributed by atoms with Gasteiger partial charge in [0.15, 0.2) is 6.29 Å². The van der Waals surface area contributed by atoms with Crippen molar-refractivity contribution in [2.24, 2.45) is 71.0 Å². The van der Waals surface area contributed by atoms with E-state index in [0.29, 0.717) is 103 Å². The van der Waals surface area contributed by atoms with Crippen LogP contribution >= 0.6 is 0 Å². The van der Waals surface area contributed by atoms with Crippen molar-refractivity contribution >= 4 is 17.9 Å². The minimum absolute atomic E-state index is 0.134. The molecule has 6 saturated carbocycles. The highest BCUT2D eigenvalue weighted by Crippen LogP contribution is 2.63. The Morgan fingerprint density at radius 3 is 1.86 bits per heavy atom. The molecule has 6 aliphatic rings. The molecule has 6 aliphatic carbocycles. The van der Waals surface area contributed by atoms with Crippen LogP contribution in [0.2, 0.25) is 0 Å². The zero-order valence-electron chi connectivity index (χ0n) is 25.0. The zero-order chi connectivity index (χ0) is 29.5. The number of esters is 3. The molecule has 0 amide bonds. The van der Waals surface area contributed by atoms with Crippen molar-refractivity contribution in [1.29, 1.82) is 0 Å². The van der Waals surface area contributed by atoms with Gasteiger partial charge in [-0.05, 0) is 129 Å². The number of ether oxygens (including phenoxy) is 4. The molecule has 6 rings (SSSR count). The Hall–Kier alpha value is -2.19. The Morgan fingerprint density at radius 2 is 1.29 bits per heavy atom. The summed E-state index contributed by atoms with van der Waals surface area (Å²) in [5.41, 5.74) is 0.449. The van der Waals surface area contributed by atoms with Gasteiger partial charge in [0, 0.05) is 11.6 Å². The van der Waals surface area contributed by atoms with Crippen LogP contribution in [0.5, 0.6) is 0 Å². The minimum Gasteiger partial charge on any atom is -0.465 e. The maximum Gasteiger partial charge on any atom is 0.333 e. The third-order valence-electron chi connectivity index (χ3n) is 12.1.